The average molecular weight is 265 g/mol. The summed E-state index contributed by atoms with van der Waals surface area (Å²) < 4.78 is 37.7. The molecule has 1 aromatic heterocycles. The van der Waals surface area contributed by atoms with Gasteiger partial charge in [-0.2, -0.15) is 18.3 Å². The van der Waals surface area contributed by atoms with Gasteiger partial charge in [0.05, 0.1) is 0 Å². The van der Waals surface area contributed by atoms with E-state index in [1.807, 2.05) is 0 Å². The van der Waals surface area contributed by atoms with Crippen LogP contribution in [0.25, 0.3) is 0 Å². The van der Waals surface area contributed by atoms with Gasteiger partial charge in [-0.05, 0) is 6.07 Å². The van der Waals surface area contributed by atoms with E-state index in [1.165, 1.54) is 18.5 Å². The topological polar surface area (TPSA) is 75.4 Å². The van der Waals surface area contributed by atoms with Crippen molar-refractivity contribution >= 4 is 11.9 Å². The Hall–Kier alpha value is -2.06. The fourth-order valence-corrected chi connectivity index (χ4v) is 1.24. The molecule has 100 valence electrons. The predicted molar refractivity (Wildman–Crippen MR) is 52.5 cm³/mol. The number of aliphatic carboxylic acids is 1. The number of carbonyl (C=O) groups is 2. The summed E-state index contributed by atoms with van der Waals surface area (Å²) in [5.74, 6) is -2.47. The molecule has 0 spiro atoms. The number of halogens is 3. The number of carbonyl (C=O) groups excluding carboxylic acids is 1. The zero-order valence-corrected chi connectivity index (χ0v) is 9.09. The minimum Gasteiger partial charge on any atom is -0.480 e. The van der Waals surface area contributed by atoms with Crippen LogP contribution in [0.4, 0.5) is 13.2 Å². The highest BCUT2D eigenvalue weighted by atomic mass is 19.4. The quantitative estimate of drug-likeness (QED) is 0.834. The Kier molecular flexibility index (Phi) is 4.29. The van der Waals surface area contributed by atoms with E-state index in [0.717, 1.165) is 4.68 Å². The first-order valence-corrected chi connectivity index (χ1v) is 4.81. The van der Waals surface area contributed by atoms with Gasteiger partial charge in [-0.15, -0.1) is 0 Å². The molecule has 0 atom stereocenters. The lowest BCUT2D eigenvalue weighted by Crippen LogP contribution is -2.43. The highest BCUT2D eigenvalue weighted by Crippen LogP contribution is 2.16. The molecule has 9 heteroatoms. The molecule has 0 bridgehead atoms. The number of carboxylic acids is 1. The van der Waals surface area contributed by atoms with Gasteiger partial charge in [0.15, 0.2) is 0 Å². The first kappa shape index (κ1) is 14.0. The summed E-state index contributed by atoms with van der Waals surface area (Å²) in [6.45, 7) is -3.03. The molecule has 0 saturated carbocycles. The fourth-order valence-electron chi connectivity index (χ4n) is 1.24. The zero-order chi connectivity index (χ0) is 13.8. The normalized spacial score (nSPS) is 11.3. The summed E-state index contributed by atoms with van der Waals surface area (Å²) in [5, 5.41) is 12.1. The molecule has 0 saturated heterocycles. The van der Waals surface area contributed by atoms with Crippen LogP contribution in [0.3, 0.4) is 0 Å². The summed E-state index contributed by atoms with van der Waals surface area (Å²) in [6.07, 6.45) is -1.89. The Morgan fingerprint density at radius 2 is 2.06 bits per heavy atom. The second-order valence-corrected chi connectivity index (χ2v) is 3.46. The van der Waals surface area contributed by atoms with Crippen molar-refractivity contribution < 1.29 is 27.9 Å². The number of hydrogen-bond acceptors (Lipinski definition) is 3. The van der Waals surface area contributed by atoms with Gasteiger partial charge in [-0.1, -0.05) is 0 Å². The summed E-state index contributed by atoms with van der Waals surface area (Å²) in [6, 6.07) is 1.50. The van der Waals surface area contributed by atoms with Gasteiger partial charge in [0, 0.05) is 12.4 Å². The SMILES string of the molecule is O=C(O)CN(CC(F)(F)F)C(=O)Cn1cccn1. The number of hydrogen-bond donors (Lipinski definition) is 1. The molecule has 0 radical (unpaired) electrons. The van der Waals surface area contributed by atoms with Crippen LogP contribution in [0, 0.1) is 0 Å². The van der Waals surface area contributed by atoms with Crippen LogP contribution in [-0.2, 0) is 16.1 Å². The first-order chi connectivity index (χ1) is 8.28. The largest absolute Gasteiger partial charge is 0.480 e. The average Bonchev–Trinajstić information content (AvgIpc) is 2.66. The molecule has 1 N–H and O–H groups in total. The van der Waals surface area contributed by atoms with E-state index in [-0.39, 0.29) is 4.90 Å². The summed E-state index contributed by atoms with van der Waals surface area (Å²) in [4.78, 5) is 22.2. The van der Waals surface area contributed by atoms with Crippen LogP contribution >= 0.6 is 0 Å². The number of carboxylic acid groups (broad SMARTS) is 1. The van der Waals surface area contributed by atoms with Gasteiger partial charge < -0.3 is 10.0 Å². The second kappa shape index (κ2) is 5.52. The Bertz CT molecular complexity index is 416. The fraction of sp³-hybridized carbons (Fsp3) is 0.444. The van der Waals surface area contributed by atoms with Crippen LogP contribution in [-0.4, -0.2) is 50.9 Å². The number of alkyl halides is 3. The molecule has 1 rings (SSSR count). The Morgan fingerprint density at radius 1 is 1.39 bits per heavy atom. The third-order valence-electron chi connectivity index (χ3n) is 1.91. The Morgan fingerprint density at radius 3 is 2.50 bits per heavy atom. The lowest BCUT2D eigenvalue weighted by atomic mass is 10.4. The molecule has 0 unspecified atom stereocenters. The van der Waals surface area contributed by atoms with Crippen molar-refractivity contribution in [2.75, 3.05) is 13.1 Å². The van der Waals surface area contributed by atoms with Crippen LogP contribution in [0.2, 0.25) is 0 Å². The third-order valence-corrected chi connectivity index (χ3v) is 1.91. The van der Waals surface area contributed by atoms with Crippen molar-refractivity contribution in [1.82, 2.24) is 14.7 Å². The minimum absolute atomic E-state index is 0.226. The highest BCUT2D eigenvalue weighted by molar-refractivity contribution is 5.81. The van der Waals surface area contributed by atoms with E-state index in [4.69, 9.17) is 5.11 Å². The second-order valence-electron chi connectivity index (χ2n) is 3.46. The highest BCUT2D eigenvalue weighted by Gasteiger charge is 2.33. The summed E-state index contributed by atoms with van der Waals surface area (Å²) in [5.41, 5.74) is 0. The monoisotopic (exact) mass is 265 g/mol. The van der Waals surface area contributed by atoms with Crippen molar-refractivity contribution in [3.8, 4) is 0 Å². The molecule has 1 aromatic rings. The van der Waals surface area contributed by atoms with Crippen LogP contribution in [0.15, 0.2) is 18.5 Å². The molecule has 0 fully saturated rings. The number of aromatic nitrogens is 2. The molecule has 1 amide bonds. The Balaban J connectivity index is 2.69. The Labute approximate surface area is 99.6 Å². The van der Waals surface area contributed by atoms with Gasteiger partial charge >= 0.3 is 12.1 Å². The van der Waals surface area contributed by atoms with Gasteiger partial charge in [0.1, 0.15) is 19.6 Å². The maximum Gasteiger partial charge on any atom is 0.406 e. The maximum absolute atomic E-state index is 12.2. The van der Waals surface area contributed by atoms with E-state index in [9.17, 15) is 22.8 Å². The molecule has 18 heavy (non-hydrogen) atoms. The lowest BCUT2D eigenvalue weighted by Gasteiger charge is -2.22. The van der Waals surface area contributed by atoms with Gasteiger partial charge in [-0.3, -0.25) is 14.3 Å². The molecular weight excluding hydrogens is 255 g/mol. The van der Waals surface area contributed by atoms with Gasteiger partial charge in [0.25, 0.3) is 0 Å². The van der Waals surface area contributed by atoms with Crippen molar-refractivity contribution in [2.45, 2.75) is 12.7 Å². The van der Waals surface area contributed by atoms with Gasteiger partial charge in [0.2, 0.25) is 5.91 Å². The van der Waals surface area contributed by atoms with Crippen molar-refractivity contribution in [3.05, 3.63) is 18.5 Å². The van der Waals surface area contributed by atoms with E-state index in [1.54, 1.807) is 0 Å². The minimum atomic E-state index is -4.64. The maximum atomic E-state index is 12.2. The lowest BCUT2D eigenvalue weighted by molar-refractivity contribution is -0.166. The number of rotatable bonds is 5. The van der Waals surface area contributed by atoms with E-state index < -0.39 is 37.7 Å². The molecular formula is C9H10F3N3O3. The zero-order valence-electron chi connectivity index (χ0n) is 9.09. The van der Waals surface area contributed by atoms with Crippen molar-refractivity contribution in [2.24, 2.45) is 0 Å². The van der Waals surface area contributed by atoms with Gasteiger partial charge in [-0.25, -0.2) is 0 Å². The molecule has 0 aromatic carbocycles. The van der Waals surface area contributed by atoms with E-state index in [0.29, 0.717) is 0 Å². The van der Waals surface area contributed by atoms with Crippen molar-refractivity contribution in [1.29, 1.82) is 0 Å². The molecule has 0 aliphatic carbocycles. The first-order valence-electron chi connectivity index (χ1n) is 4.81. The van der Waals surface area contributed by atoms with E-state index in [2.05, 4.69) is 5.10 Å². The summed E-state index contributed by atoms with van der Waals surface area (Å²) in [7, 11) is 0. The number of nitrogens with zero attached hydrogens (tertiary/aromatic N) is 3. The van der Waals surface area contributed by atoms with Crippen LogP contribution < -0.4 is 0 Å². The number of amides is 1. The molecule has 6 nitrogen and oxygen atoms in total. The standard InChI is InChI=1S/C9H10F3N3O3/c10-9(11,12)6-14(5-8(17)18)7(16)4-15-3-1-2-13-15/h1-3H,4-6H2,(H,17,18). The molecule has 1 heterocycles. The summed E-state index contributed by atoms with van der Waals surface area (Å²) >= 11 is 0. The van der Waals surface area contributed by atoms with Crippen molar-refractivity contribution in [3.63, 3.8) is 0 Å². The predicted octanol–water partition coefficient (Wildman–Crippen LogP) is 0.359. The molecule has 0 aliphatic heterocycles. The van der Waals surface area contributed by atoms with E-state index >= 15 is 0 Å². The smallest absolute Gasteiger partial charge is 0.406 e. The van der Waals surface area contributed by atoms with Crippen LogP contribution in [0.1, 0.15) is 0 Å². The van der Waals surface area contributed by atoms with Crippen LogP contribution in [0.5, 0.6) is 0 Å². The molecule has 0 aliphatic rings. The third kappa shape index (κ3) is 4.85.